The second kappa shape index (κ2) is 6.84. The van der Waals surface area contributed by atoms with Gasteiger partial charge in [-0.1, -0.05) is 13.3 Å². The van der Waals surface area contributed by atoms with Crippen molar-refractivity contribution in [1.82, 2.24) is 9.88 Å². The Kier molecular flexibility index (Phi) is 4.22. The standard InChI is InChI=1S/C24H19N3O4/c1-3-4-9-26-21(28)15-5-7-17-20-18(8-6-16(19(15)20)22(26)29)24(31)27(23(17)30)14-10-13(2)11-25-12-14/h5-8,10-12H,3-4,9H2,1-2H3. The molecule has 2 aliphatic heterocycles. The van der Waals surface area contributed by atoms with E-state index in [9.17, 15) is 19.2 Å². The average Bonchev–Trinajstić information content (AvgIpc) is 2.76. The van der Waals surface area contributed by atoms with Crippen LogP contribution in [0.5, 0.6) is 0 Å². The van der Waals surface area contributed by atoms with Gasteiger partial charge in [0.05, 0.1) is 11.9 Å². The molecule has 0 fully saturated rings. The van der Waals surface area contributed by atoms with Crippen molar-refractivity contribution in [3.8, 4) is 0 Å². The lowest BCUT2D eigenvalue weighted by Gasteiger charge is -2.31. The molecule has 2 aromatic carbocycles. The molecule has 0 N–H and O–H groups in total. The first kappa shape index (κ1) is 19.1. The maximum absolute atomic E-state index is 13.3. The monoisotopic (exact) mass is 413 g/mol. The van der Waals surface area contributed by atoms with E-state index < -0.39 is 11.8 Å². The summed E-state index contributed by atoms with van der Waals surface area (Å²) in [6.45, 7) is 4.16. The summed E-state index contributed by atoms with van der Waals surface area (Å²) in [5.41, 5.74) is 2.47. The number of aromatic nitrogens is 1. The zero-order chi connectivity index (χ0) is 21.9. The molecular weight excluding hydrogens is 394 g/mol. The maximum atomic E-state index is 13.3. The van der Waals surface area contributed by atoms with Gasteiger partial charge in [-0.15, -0.1) is 0 Å². The molecule has 1 aromatic heterocycles. The van der Waals surface area contributed by atoms with Gasteiger partial charge in [0.25, 0.3) is 23.6 Å². The van der Waals surface area contributed by atoms with Gasteiger partial charge in [-0.25, -0.2) is 4.90 Å². The van der Waals surface area contributed by atoms with Gasteiger partial charge in [0.15, 0.2) is 0 Å². The summed E-state index contributed by atoms with van der Waals surface area (Å²) in [5, 5.41) is 0.764. The number of nitrogens with zero attached hydrogens (tertiary/aromatic N) is 3. The van der Waals surface area contributed by atoms with Crippen molar-refractivity contribution >= 4 is 40.1 Å². The molecule has 0 unspecified atom stereocenters. The predicted octanol–water partition coefficient (Wildman–Crippen LogP) is 3.74. The Balaban J connectivity index is 1.72. The summed E-state index contributed by atoms with van der Waals surface area (Å²) in [5.74, 6) is -1.77. The lowest BCUT2D eigenvalue weighted by Crippen LogP contribution is -2.43. The minimum Gasteiger partial charge on any atom is -0.274 e. The van der Waals surface area contributed by atoms with Crippen LogP contribution in [-0.2, 0) is 0 Å². The fourth-order valence-electron chi connectivity index (χ4n) is 4.34. The third kappa shape index (κ3) is 2.63. The van der Waals surface area contributed by atoms with Gasteiger partial charge >= 0.3 is 0 Å². The Hall–Kier alpha value is -3.87. The number of carbonyl (C=O) groups is 4. The predicted molar refractivity (Wildman–Crippen MR) is 114 cm³/mol. The quantitative estimate of drug-likeness (QED) is 0.608. The minimum atomic E-state index is -0.498. The molecule has 7 nitrogen and oxygen atoms in total. The molecule has 0 radical (unpaired) electrons. The summed E-state index contributed by atoms with van der Waals surface area (Å²) in [6, 6.07) is 8.02. The average molecular weight is 413 g/mol. The summed E-state index contributed by atoms with van der Waals surface area (Å²) < 4.78 is 0. The molecule has 31 heavy (non-hydrogen) atoms. The van der Waals surface area contributed by atoms with Gasteiger partial charge in [-0.3, -0.25) is 29.1 Å². The van der Waals surface area contributed by atoms with Crippen LogP contribution in [0.3, 0.4) is 0 Å². The third-order valence-electron chi connectivity index (χ3n) is 5.83. The summed E-state index contributed by atoms with van der Waals surface area (Å²) in [7, 11) is 0. The topological polar surface area (TPSA) is 87.7 Å². The van der Waals surface area contributed by atoms with Gasteiger partial charge in [-0.05, 0) is 49.2 Å². The van der Waals surface area contributed by atoms with Crippen LogP contribution in [0.2, 0.25) is 0 Å². The van der Waals surface area contributed by atoms with Crippen molar-refractivity contribution in [3.05, 3.63) is 70.5 Å². The van der Waals surface area contributed by atoms with Crippen molar-refractivity contribution in [3.63, 3.8) is 0 Å². The number of rotatable bonds is 4. The van der Waals surface area contributed by atoms with Crippen LogP contribution in [0.1, 0.15) is 66.8 Å². The zero-order valence-electron chi connectivity index (χ0n) is 17.1. The van der Waals surface area contributed by atoms with Crippen LogP contribution < -0.4 is 4.90 Å². The summed E-state index contributed by atoms with van der Waals surface area (Å²) >= 11 is 0. The number of amides is 4. The number of pyridine rings is 1. The van der Waals surface area contributed by atoms with Gasteiger partial charge in [-0.2, -0.15) is 0 Å². The van der Waals surface area contributed by atoms with E-state index >= 15 is 0 Å². The Morgan fingerprint density at radius 1 is 0.774 bits per heavy atom. The fraction of sp³-hybridized carbons (Fsp3) is 0.208. The highest BCUT2D eigenvalue weighted by molar-refractivity contribution is 6.39. The lowest BCUT2D eigenvalue weighted by atomic mass is 9.85. The van der Waals surface area contributed by atoms with Crippen molar-refractivity contribution in [2.75, 3.05) is 11.4 Å². The number of carbonyl (C=O) groups excluding carboxylic acids is 4. The number of hydrogen-bond acceptors (Lipinski definition) is 5. The smallest absolute Gasteiger partial charge is 0.266 e. The highest BCUT2D eigenvalue weighted by Crippen LogP contribution is 2.39. The van der Waals surface area contributed by atoms with E-state index in [1.165, 1.54) is 11.1 Å². The number of unbranched alkanes of at least 4 members (excludes halogenated alkanes) is 1. The molecule has 0 aliphatic carbocycles. The van der Waals surface area contributed by atoms with E-state index in [1.807, 2.05) is 13.8 Å². The first-order valence-corrected chi connectivity index (χ1v) is 10.2. The van der Waals surface area contributed by atoms with E-state index in [1.54, 1.807) is 36.5 Å². The lowest BCUT2D eigenvalue weighted by molar-refractivity contribution is 0.0607. The SMILES string of the molecule is CCCCN1C(=O)c2ccc3c4c(ccc(c24)C1=O)C(=O)N(c1cncc(C)c1)C3=O. The van der Waals surface area contributed by atoms with E-state index in [-0.39, 0.29) is 11.8 Å². The van der Waals surface area contributed by atoms with E-state index in [4.69, 9.17) is 0 Å². The molecule has 154 valence electrons. The highest BCUT2D eigenvalue weighted by Gasteiger charge is 2.40. The first-order valence-electron chi connectivity index (χ1n) is 10.2. The first-order chi connectivity index (χ1) is 14.9. The van der Waals surface area contributed by atoms with Gasteiger partial charge in [0.1, 0.15) is 0 Å². The van der Waals surface area contributed by atoms with Gasteiger partial charge in [0, 0.05) is 45.8 Å². The molecule has 0 bridgehead atoms. The van der Waals surface area contributed by atoms with Crippen molar-refractivity contribution < 1.29 is 19.2 Å². The van der Waals surface area contributed by atoms with Crippen LogP contribution in [-0.4, -0.2) is 40.1 Å². The van der Waals surface area contributed by atoms with E-state index in [0.717, 1.165) is 16.9 Å². The molecule has 0 saturated carbocycles. The second-order valence-corrected chi connectivity index (χ2v) is 7.85. The van der Waals surface area contributed by atoms with Crippen LogP contribution in [0.15, 0.2) is 42.7 Å². The summed E-state index contributed by atoms with van der Waals surface area (Å²) in [4.78, 5) is 59.2. The van der Waals surface area contributed by atoms with E-state index in [2.05, 4.69) is 4.98 Å². The largest absolute Gasteiger partial charge is 0.274 e. The molecule has 5 rings (SSSR count). The number of benzene rings is 2. The van der Waals surface area contributed by atoms with Crippen molar-refractivity contribution in [1.29, 1.82) is 0 Å². The molecule has 0 atom stereocenters. The Bertz CT molecular complexity index is 1260. The van der Waals surface area contributed by atoms with Crippen LogP contribution in [0.4, 0.5) is 5.69 Å². The molecule has 2 aliphatic rings. The van der Waals surface area contributed by atoms with Crippen LogP contribution >= 0.6 is 0 Å². The zero-order valence-corrected chi connectivity index (χ0v) is 17.1. The van der Waals surface area contributed by atoms with Crippen LogP contribution in [0.25, 0.3) is 10.8 Å². The maximum Gasteiger partial charge on any atom is 0.266 e. The molecule has 0 saturated heterocycles. The fourth-order valence-corrected chi connectivity index (χ4v) is 4.34. The van der Waals surface area contributed by atoms with Crippen molar-refractivity contribution in [2.24, 2.45) is 0 Å². The Morgan fingerprint density at radius 3 is 1.77 bits per heavy atom. The van der Waals surface area contributed by atoms with Gasteiger partial charge < -0.3 is 0 Å². The van der Waals surface area contributed by atoms with E-state index in [0.29, 0.717) is 51.7 Å². The number of anilines is 1. The van der Waals surface area contributed by atoms with Crippen LogP contribution in [0, 0.1) is 6.92 Å². The third-order valence-corrected chi connectivity index (χ3v) is 5.83. The summed E-state index contributed by atoms with van der Waals surface area (Å²) in [6.07, 6.45) is 4.67. The molecule has 4 amide bonds. The molecule has 0 spiro atoms. The second-order valence-electron chi connectivity index (χ2n) is 7.85. The molecular formula is C24H19N3O4. The minimum absolute atomic E-state index is 0.291. The molecule has 3 heterocycles. The molecule has 3 aromatic rings. The Labute approximate surface area is 178 Å². The number of aryl methyl sites for hydroxylation is 1. The number of hydrogen-bond donors (Lipinski definition) is 0. The molecule has 7 heteroatoms. The van der Waals surface area contributed by atoms with Gasteiger partial charge in [0.2, 0.25) is 0 Å². The van der Waals surface area contributed by atoms with Crippen molar-refractivity contribution in [2.45, 2.75) is 26.7 Å². The normalized spacial score (nSPS) is 15.3. The Morgan fingerprint density at radius 2 is 1.29 bits per heavy atom. The number of imide groups is 2. The highest BCUT2D eigenvalue weighted by atomic mass is 16.2.